The van der Waals surface area contributed by atoms with Gasteiger partial charge in [0, 0.05) is 23.8 Å². The third kappa shape index (κ3) is 8.36. The van der Waals surface area contributed by atoms with E-state index in [2.05, 4.69) is 52.0 Å². The summed E-state index contributed by atoms with van der Waals surface area (Å²) in [5.74, 6) is 2.52. The molecule has 5 heteroatoms. The molecule has 0 aliphatic heterocycles. The van der Waals surface area contributed by atoms with Crippen LogP contribution in [0.3, 0.4) is 0 Å². The second-order valence-electron chi connectivity index (χ2n) is 8.64. The molecule has 0 saturated heterocycles. The Morgan fingerprint density at radius 2 is 1.39 bits per heavy atom. The zero-order valence-corrected chi connectivity index (χ0v) is 20.0. The van der Waals surface area contributed by atoms with Crippen LogP contribution in [0.5, 0.6) is 11.5 Å². The van der Waals surface area contributed by atoms with Gasteiger partial charge >= 0.3 is 0 Å². The molecule has 0 aliphatic carbocycles. The van der Waals surface area contributed by atoms with Gasteiger partial charge < -0.3 is 19.3 Å². The molecule has 4 nitrogen and oxygen atoms in total. The van der Waals surface area contributed by atoms with E-state index in [0.717, 1.165) is 24.3 Å². The molecule has 2 aromatic rings. The second-order valence-corrected chi connectivity index (χ2v) is 8.95. The van der Waals surface area contributed by atoms with Gasteiger partial charge in [-0.2, -0.15) is 0 Å². The van der Waals surface area contributed by atoms with Crippen molar-refractivity contribution in [1.29, 1.82) is 0 Å². The number of hydrogen-bond acceptors (Lipinski definition) is 4. The minimum Gasteiger partial charge on any atom is -0.493 e. The number of ether oxygens (including phenoxy) is 3. The summed E-state index contributed by atoms with van der Waals surface area (Å²) in [4.78, 5) is 0. The first-order valence-corrected chi connectivity index (χ1v) is 11.7. The maximum atomic E-state index is 9.98. The van der Waals surface area contributed by atoms with Gasteiger partial charge in [0.2, 0.25) is 0 Å². The summed E-state index contributed by atoms with van der Waals surface area (Å²) in [6.45, 7) is 10.4. The van der Waals surface area contributed by atoms with Crippen LogP contribution < -0.4 is 9.47 Å². The molecule has 0 unspecified atom stereocenters. The van der Waals surface area contributed by atoms with E-state index < -0.39 is 6.10 Å². The highest BCUT2D eigenvalue weighted by Gasteiger charge is 2.23. The fraction of sp³-hybridized carbons (Fsp3) is 0.538. The summed E-state index contributed by atoms with van der Waals surface area (Å²) in [5, 5.41) is 9.98. The number of aliphatic hydroxyl groups is 1. The molecular formula is C26H37ClO4. The Hall–Kier alpha value is -1.75. The number of benzene rings is 2. The lowest BCUT2D eigenvalue weighted by molar-refractivity contribution is 0.0113. The maximum Gasteiger partial charge on any atom is 0.119 e. The van der Waals surface area contributed by atoms with E-state index in [4.69, 9.17) is 25.8 Å². The third-order valence-electron chi connectivity index (χ3n) is 5.34. The zero-order chi connectivity index (χ0) is 22.7. The summed E-state index contributed by atoms with van der Waals surface area (Å²) >= 11 is 5.84. The van der Waals surface area contributed by atoms with Gasteiger partial charge in [0.15, 0.2) is 0 Å². The van der Waals surface area contributed by atoms with E-state index in [1.165, 1.54) is 11.1 Å². The number of aliphatic hydroxyl groups excluding tert-OH is 1. The topological polar surface area (TPSA) is 47.9 Å². The first kappa shape index (κ1) is 25.5. The van der Waals surface area contributed by atoms with Gasteiger partial charge in [-0.15, -0.1) is 11.6 Å². The Labute approximate surface area is 192 Å². The van der Waals surface area contributed by atoms with Crippen molar-refractivity contribution in [3.63, 3.8) is 0 Å². The molecule has 2 aromatic carbocycles. The number of alkyl halides is 1. The quantitative estimate of drug-likeness (QED) is 0.292. The highest BCUT2D eigenvalue weighted by molar-refractivity contribution is 6.18. The van der Waals surface area contributed by atoms with Crippen molar-refractivity contribution in [2.24, 2.45) is 5.92 Å². The fourth-order valence-corrected chi connectivity index (χ4v) is 3.18. The van der Waals surface area contributed by atoms with Crippen molar-refractivity contribution in [2.45, 2.75) is 52.1 Å². The number of hydrogen-bond donors (Lipinski definition) is 1. The van der Waals surface area contributed by atoms with Gasteiger partial charge in [0.05, 0.1) is 13.2 Å². The average Bonchev–Trinajstić information content (AvgIpc) is 2.79. The van der Waals surface area contributed by atoms with Crippen molar-refractivity contribution in [1.82, 2.24) is 0 Å². The van der Waals surface area contributed by atoms with Crippen LogP contribution in [0.15, 0.2) is 48.5 Å². The smallest absolute Gasteiger partial charge is 0.119 e. The predicted molar refractivity (Wildman–Crippen MR) is 128 cm³/mol. The maximum absolute atomic E-state index is 9.98. The molecule has 0 spiro atoms. The Kier molecular flexibility index (Phi) is 10.7. The molecule has 172 valence electrons. The van der Waals surface area contributed by atoms with Gasteiger partial charge in [-0.25, -0.2) is 0 Å². The molecule has 0 radical (unpaired) electrons. The lowest BCUT2D eigenvalue weighted by Crippen LogP contribution is -2.23. The molecule has 2 atom stereocenters. The van der Waals surface area contributed by atoms with E-state index in [1.807, 2.05) is 24.3 Å². The van der Waals surface area contributed by atoms with E-state index in [0.29, 0.717) is 31.6 Å². The number of rotatable bonds is 14. The molecule has 1 N–H and O–H groups in total. The molecule has 0 bridgehead atoms. The van der Waals surface area contributed by atoms with Gasteiger partial charge in [-0.3, -0.25) is 0 Å². The van der Waals surface area contributed by atoms with Crippen LogP contribution in [0.1, 0.15) is 51.7 Å². The van der Waals surface area contributed by atoms with Crippen LogP contribution in [-0.2, 0) is 10.2 Å². The lowest BCUT2D eigenvalue weighted by atomic mass is 9.78. The number of unbranched alkanes of at least 4 members (excludes halogenated alkanes) is 1. The van der Waals surface area contributed by atoms with Crippen molar-refractivity contribution >= 4 is 11.6 Å². The second kappa shape index (κ2) is 12.9. The van der Waals surface area contributed by atoms with Crippen LogP contribution >= 0.6 is 11.6 Å². The number of halogens is 1. The van der Waals surface area contributed by atoms with Crippen molar-refractivity contribution < 1.29 is 19.3 Å². The van der Waals surface area contributed by atoms with E-state index >= 15 is 0 Å². The summed E-state index contributed by atoms with van der Waals surface area (Å²) in [7, 11) is 0. The van der Waals surface area contributed by atoms with E-state index in [9.17, 15) is 5.11 Å². The van der Waals surface area contributed by atoms with E-state index in [-0.39, 0.29) is 12.0 Å². The third-order valence-corrected chi connectivity index (χ3v) is 5.87. The average molecular weight is 449 g/mol. The monoisotopic (exact) mass is 448 g/mol. The Morgan fingerprint density at radius 1 is 0.871 bits per heavy atom. The Balaban J connectivity index is 1.90. The summed E-state index contributed by atoms with van der Waals surface area (Å²) in [6, 6.07) is 16.3. The minimum atomic E-state index is -0.624. The van der Waals surface area contributed by atoms with Crippen LogP contribution in [0.25, 0.3) is 0 Å². The van der Waals surface area contributed by atoms with Crippen LogP contribution in [0, 0.1) is 5.92 Å². The molecule has 0 aliphatic rings. The molecule has 0 amide bonds. The summed E-state index contributed by atoms with van der Waals surface area (Å²) in [6.07, 6.45) is 1.47. The molecule has 0 fully saturated rings. The lowest BCUT2D eigenvalue weighted by Gasteiger charge is -2.26. The first-order chi connectivity index (χ1) is 14.9. The SMILES string of the molecule is CCCCOC[C@H](O)COc1ccc(C(C)(C)c2ccc(OC[C@@H](C)CCl)cc2)cc1. The van der Waals surface area contributed by atoms with Gasteiger partial charge in [0.25, 0.3) is 0 Å². The zero-order valence-electron chi connectivity index (χ0n) is 19.3. The highest BCUT2D eigenvalue weighted by Crippen LogP contribution is 2.33. The van der Waals surface area contributed by atoms with E-state index in [1.54, 1.807) is 0 Å². The van der Waals surface area contributed by atoms with Gasteiger partial charge in [-0.1, -0.05) is 58.4 Å². The van der Waals surface area contributed by atoms with Crippen LogP contribution in [0.4, 0.5) is 0 Å². The van der Waals surface area contributed by atoms with Crippen LogP contribution in [0.2, 0.25) is 0 Å². The fourth-order valence-electron chi connectivity index (χ4n) is 3.09. The molecular weight excluding hydrogens is 412 g/mol. The van der Waals surface area contributed by atoms with Crippen molar-refractivity contribution in [3.8, 4) is 11.5 Å². The van der Waals surface area contributed by atoms with Crippen LogP contribution in [-0.4, -0.2) is 43.5 Å². The molecule has 2 rings (SSSR count). The van der Waals surface area contributed by atoms with Gasteiger partial charge in [-0.05, 0) is 41.8 Å². The summed E-state index contributed by atoms with van der Waals surface area (Å²) in [5.41, 5.74) is 2.24. The Morgan fingerprint density at radius 3 is 1.87 bits per heavy atom. The minimum absolute atomic E-state index is 0.160. The summed E-state index contributed by atoms with van der Waals surface area (Å²) < 4.78 is 16.9. The normalized spacial score (nSPS) is 13.6. The molecule has 0 saturated carbocycles. The van der Waals surface area contributed by atoms with Crippen molar-refractivity contribution in [3.05, 3.63) is 59.7 Å². The highest BCUT2D eigenvalue weighted by atomic mass is 35.5. The van der Waals surface area contributed by atoms with Crippen molar-refractivity contribution in [2.75, 3.05) is 32.3 Å². The van der Waals surface area contributed by atoms with Gasteiger partial charge in [0.1, 0.15) is 24.2 Å². The largest absolute Gasteiger partial charge is 0.493 e. The molecule has 0 heterocycles. The first-order valence-electron chi connectivity index (χ1n) is 11.1. The predicted octanol–water partition coefficient (Wildman–Crippen LogP) is 5.82. The Bertz CT molecular complexity index is 743. The molecule has 0 aromatic heterocycles. The molecule has 31 heavy (non-hydrogen) atoms. The standard InChI is InChI=1S/C26H37ClO4/c1-5-6-15-29-18-23(28)19-31-25-13-9-22(10-14-25)26(3,4)21-7-11-24(12-8-21)30-17-20(2)16-27/h7-14,20,23,28H,5-6,15-19H2,1-4H3/t20-,23-/m0/s1.